The van der Waals surface area contributed by atoms with E-state index < -0.39 is 7.92 Å². The van der Waals surface area contributed by atoms with Crippen LogP contribution >= 0.6 is 7.92 Å². The Morgan fingerprint density at radius 3 is 1.88 bits per heavy atom. The molecule has 1 unspecified atom stereocenters. The van der Waals surface area contributed by atoms with Crippen molar-refractivity contribution in [2.45, 2.75) is 26.3 Å². The lowest BCUT2D eigenvalue weighted by atomic mass is 9.99. The van der Waals surface area contributed by atoms with Gasteiger partial charge in [-0.05, 0) is 46.9 Å². The molecule has 4 aromatic carbocycles. The molecule has 0 saturated heterocycles. The Hall–Kier alpha value is -3.22. The molecule has 34 heavy (non-hydrogen) atoms. The van der Waals surface area contributed by atoms with Gasteiger partial charge in [-0.2, -0.15) is 0 Å². The molecule has 0 spiro atoms. The summed E-state index contributed by atoms with van der Waals surface area (Å²) in [5.74, 6) is 1.29. The van der Waals surface area contributed by atoms with E-state index >= 15 is 0 Å². The second kappa shape index (κ2) is 10.4. The summed E-state index contributed by atoms with van der Waals surface area (Å²) in [5.41, 5.74) is 3.51. The van der Waals surface area contributed by atoms with E-state index in [9.17, 15) is 0 Å². The molecule has 2 nitrogen and oxygen atoms in total. The van der Waals surface area contributed by atoms with Gasteiger partial charge in [0.1, 0.15) is 6.61 Å². The zero-order valence-corrected chi connectivity index (χ0v) is 20.7. The molecule has 0 aliphatic carbocycles. The standard InChI is InChI=1S/C31H30NOP/c1-3-23(2)29-22-33-31(32-29)28-20-11-10-18-26(28)27-19-12-13-21-30(27)34(24-14-6-4-7-15-24)25-16-8-5-9-17-25/h4-21,23,29H,3,22H2,1-2H3/t23?,29-/m1/s1. The maximum absolute atomic E-state index is 6.16. The van der Waals surface area contributed by atoms with Gasteiger partial charge < -0.3 is 4.74 Å². The summed E-state index contributed by atoms with van der Waals surface area (Å²) in [7, 11) is -0.717. The van der Waals surface area contributed by atoms with Gasteiger partial charge in [-0.3, -0.25) is 0 Å². The first-order chi connectivity index (χ1) is 16.8. The average Bonchev–Trinajstić information content (AvgIpc) is 3.40. The fraction of sp³-hybridized carbons (Fsp3) is 0.194. The van der Waals surface area contributed by atoms with E-state index in [0.29, 0.717) is 12.5 Å². The third-order valence-corrected chi connectivity index (χ3v) is 9.10. The summed E-state index contributed by atoms with van der Waals surface area (Å²) >= 11 is 0. The Morgan fingerprint density at radius 2 is 1.26 bits per heavy atom. The Morgan fingerprint density at radius 1 is 0.735 bits per heavy atom. The molecule has 0 amide bonds. The monoisotopic (exact) mass is 463 g/mol. The van der Waals surface area contributed by atoms with Crippen molar-refractivity contribution in [1.82, 2.24) is 0 Å². The molecule has 0 saturated carbocycles. The quantitative estimate of drug-likeness (QED) is 0.295. The number of nitrogens with zero attached hydrogens (tertiary/aromatic N) is 1. The van der Waals surface area contributed by atoms with Crippen molar-refractivity contribution >= 4 is 29.7 Å². The highest BCUT2D eigenvalue weighted by Gasteiger charge is 2.27. The summed E-state index contributed by atoms with van der Waals surface area (Å²) in [5, 5.41) is 4.04. The van der Waals surface area contributed by atoms with Crippen LogP contribution in [0.4, 0.5) is 0 Å². The molecule has 5 rings (SSSR count). The number of hydrogen-bond acceptors (Lipinski definition) is 2. The van der Waals surface area contributed by atoms with Gasteiger partial charge in [-0.25, -0.2) is 4.99 Å². The molecule has 1 heterocycles. The highest BCUT2D eigenvalue weighted by atomic mass is 31.1. The number of ether oxygens (including phenoxy) is 1. The Labute approximate surface area is 204 Å². The molecule has 1 aliphatic heterocycles. The zero-order chi connectivity index (χ0) is 23.3. The summed E-state index contributed by atoms with van der Waals surface area (Å²) in [6.07, 6.45) is 1.10. The Balaban J connectivity index is 1.65. The number of benzene rings is 4. The van der Waals surface area contributed by atoms with E-state index in [1.807, 2.05) is 0 Å². The van der Waals surface area contributed by atoms with Crippen LogP contribution in [0.3, 0.4) is 0 Å². The maximum Gasteiger partial charge on any atom is 0.217 e. The summed E-state index contributed by atoms with van der Waals surface area (Å²) < 4.78 is 6.16. The lowest BCUT2D eigenvalue weighted by Gasteiger charge is -2.23. The second-order valence-electron chi connectivity index (χ2n) is 8.77. The van der Waals surface area contributed by atoms with Gasteiger partial charge in [-0.15, -0.1) is 0 Å². The molecule has 0 radical (unpaired) electrons. The summed E-state index contributed by atoms with van der Waals surface area (Å²) in [6, 6.07) is 39.4. The first-order valence-corrected chi connectivity index (χ1v) is 13.4. The molecule has 2 atom stereocenters. The zero-order valence-electron chi connectivity index (χ0n) is 19.8. The highest BCUT2D eigenvalue weighted by molar-refractivity contribution is 7.80. The minimum absolute atomic E-state index is 0.231. The third-order valence-electron chi connectivity index (χ3n) is 6.60. The fourth-order valence-electron chi connectivity index (χ4n) is 4.48. The second-order valence-corrected chi connectivity index (χ2v) is 11.0. The van der Waals surface area contributed by atoms with Gasteiger partial charge in [0.15, 0.2) is 0 Å². The molecular weight excluding hydrogens is 433 g/mol. The number of aliphatic imine (C=N–C) groups is 1. The number of hydrogen-bond donors (Lipinski definition) is 0. The minimum Gasteiger partial charge on any atom is -0.475 e. The molecular formula is C31H30NOP. The van der Waals surface area contributed by atoms with Crippen LogP contribution in [0.2, 0.25) is 0 Å². The third kappa shape index (κ3) is 4.56. The van der Waals surface area contributed by atoms with Gasteiger partial charge in [-0.1, -0.05) is 123 Å². The predicted octanol–water partition coefficient (Wildman–Crippen LogP) is 6.30. The molecule has 1 aliphatic rings. The van der Waals surface area contributed by atoms with Crippen LogP contribution in [0, 0.1) is 5.92 Å². The fourth-order valence-corrected chi connectivity index (χ4v) is 6.95. The lowest BCUT2D eigenvalue weighted by molar-refractivity contribution is 0.282. The lowest BCUT2D eigenvalue weighted by Crippen LogP contribution is -2.22. The largest absolute Gasteiger partial charge is 0.475 e. The van der Waals surface area contributed by atoms with Gasteiger partial charge >= 0.3 is 0 Å². The van der Waals surface area contributed by atoms with Crippen LogP contribution in [0.1, 0.15) is 25.8 Å². The molecule has 170 valence electrons. The number of rotatable bonds is 7. The predicted molar refractivity (Wildman–Crippen MR) is 146 cm³/mol. The molecule has 0 aromatic heterocycles. The molecule has 0 bridgehead atoms. The molecule has 0 N–H and O–H groups in total. The first kappa shape index (κ1) is 22.6. The van der Waals surface area contributed by atoms with Crippen molar-refractivity contribution in [3.8, 4) is 11.1 Å². The minimum atomic E-state index is -0.717. The van der Waals surface area contributed by atoms with Crippen LogP contribution in [0.15, 0.2) is 114 Å². The van der Waals surface area contributed by atoms with Crippen molar-refractivity contribution in [3.63, 3.8) is 0 Å². The van der Waals surface area contributed by atoms with E-state index in [0.717, 1.165) is 17.9 Å². The van der Waals surface area contributed by atoms with Gasteiger partial charge in [0.05, 0.1) is 6.04 Å². The van der Waals surface area contributed by atoms with Crippen molar-refractivity contribution in [2.24, 2.45) is 10.9 Å². The van der Waals surface area contributed by atoms with Crippen molar-refractivity contribution < 1.29 is 4.74 Å². The van der Waals surface area contributed by atoms with Crippen LogP contribution in [-0.2, 0) is 4.74 Å². The van der Waals surface area contributed by atoms with Crippen LogP contribution < -0.4 is 15.9 Å². The van der Waals surface area contributed by atoms with E-state index in [-0.39, 0.29) is 6.04 Å². The van der Waals surface area contributed by atoms with Crippen molar-refractivity contribution in [1.29, 1.82) is 0 Å². The SMILES string of the molecule is CCC(C)[C@H]1COC(c2ccccc2-c2ccccc2P(c2ccccc2)c2ccccc2)=N1. The van der Waals surface area contributed by atoms with E-state index in [2.05, 4.69) is 123 Å². The van der Waals surface area contributed by atoms with Crippen LogP contribution in [0.5, 0.6) is 0 Å². The Kier molecular flexibility index (Phi) is 6.88. The molecule has 0 fully saturated rings. The smallest absolute Gasteiger partial charge is 0.217 e. The van der Waals surface area contributed by atoms with E-state index in [1.165, 1.54) is 27.0 Å². The maximum atomic E-state index is 6.16. The first-order valence-electron chi connectivity index (χ1n) is 12.1. The summed E-state index contributed by atoms with van der Waals surface area (Å²) in [6.45, 7) is 5.15. The average molecular weight is 464 g/mol. The van der Waals surface area contributed by atoms with Gasteiger partial charge in [0.2, 0.25) is 5.90 Å². The van der Waals surface area contributed by atoms with Crippen LogP contribution in [0.25, 0.3) is 11.1 Å². The van der Waals surface area contributed by atoms with E-state index in [4.69, 9.17) is 9.73 Å². The molecule has 4 aromatic rings. The topological polar surface area (TPSA) is 21.6 Å². The summed E-state index contributed by atoms with van der Waals surface area (Å²) in [4.78, 5) is 5.01. The van der Waals surface area contributed by atoms with Gasteiger partial charge in [0.25, 0.3) is 0 Å². The molecule has 3 heteroatoms. The van der Waals surface area contributed by atoms with Crippen molar-refractivity contribution in [2.75, 3.05) is 6.61 Å². The highest BCUT2D eigenvalue weighted by Crippen LogP contribution is 2.38. The van der Waals surface area contributed by atoms with Crippen LogP contribution in [-0.4, -0.2) is 18.5 Å². The van der Waals surface area contributed by atoms with Crippen molar-refractivity contribution in [3.05, 3.63) is 115 Å². The normalized spacial score (nSPS) is 16.2. The van der Waals surface area contributed by atoms with E-state index in [1.54, 1.807) is 0 Å². The van der Waals surface area contributed by atoms with Gasteiger partial charge in [0, 0.05) is 5.56 Å². The Bertz CT molecular complexity index is 1230.